The van der Waals surface area contributed by atoms with Crippen molar-refractivity contribution in [2.75, 3.05) is 0 Å². The van der Waals surface area contributed by atoms with Crippen LogP contribution >= 0.6 is 15.9 Å². The molecular formula is C14H11BrN2O6. The first-order chi connectivity index (χ1) is 10.7. The van der Waals surface area contributed by atoms with E-state index in [9.17, 15) is 24.8 Å². The van der Waals surface area contributed by atoms with E-state index >= 15 is 0 Å². The zero-order valence-electron chi connectivity index (χ0n) is 11.6. The van der Waals surface area contributed by atoms with E-state index in [1.807, 2.05) is 24.3 Å². The lowest BCUT2D eigenvalue weighted by molar-refractivity contribution is -0.385. The third kappa shape index (κ3) is 5.49. The van der Waals surface area contributed by atoms with E-state index in [2.05, 4.69) is 21.7 Å². The number of carboxylic acids is 2. The second kappa shape index (κ2) is 8.01. The van der Waals surface area contributed by atoms with Crippen molar-refractivity contribution in [3.63, 3.8) is 0 Å². The number of quaternary nitrogens is 1. The fourth-order valence-corrected chi connectivity index (χ4v) is 1.75. The number of carbonyl (C=O) groups excluding carboxylic acids is 1. The Hall–Kier alpha value is -2.78. The second-order valence-electron chi connectivity index (χ2n) is 4.21. The molecule has 0 spiro atoms. The lowest BCUT2D eigenvalue weighted by Crippen LogP contribution is -2.39. The normalized spacial score (nSPS) is 9.48. The number of benzene rings is 2. The van der Waals surface area contributed by atoms with Gasteiger partial charge in [0.2, 0.25) is 0 Å². The molecule has 8 nitrogen and oxygen atoms in total. The van der Waals surface area contributed by atoms with Crippen LogP contribution in [0.25, 0.3) is 0 Å². The molecule has 0 aromatic heterocycles. The summed E-state index contributed by atoms with van der Waals surface area (Å²) in [6, 6.07) is 10.3. The smallest absolute Gasteiger partial charge is 0.336 e. The maximum atomic E-state index is 10.5. The number of aromatic carboxylic acids is 2. The molecule has 4 N–H and O–H groups in total. The van der Waals surface area contributed by atoms with Crippen LogP contribution in [0.2, 0.25) is 0 Å². The van der Waals surface area contributed by atoms with Crippen LogP contribution in [0.3, 0.4) is 0 Å². The summed E-state index contributed by atoms with van der Waals surface area (Å²) in [5.41, 5.74) is 3.04. The number of halogens is 1. The van der Waals surface area contributed by atoms with Gasteiger partial charge >= 0.3 is 5.97 Å². The van der Waals surface area contributed by atoms with E-state index in [4.69, 9.17) is 5.11 Å². The van der Waals surface area contributed by atoms with Crippen molar-refractivity contribution >= 4 is 39.2 Å². The van der Waals surface area contributed by atoms with Gasteiger partial charge in [0, 0.05) is 22.2 Å². The molecule has 0 saturated carbocycles. The molecule has 0 unspecified atom stereocenters. The predicted molar refractivity (Wildman–Crippen MR) is 81.1 cm³/mol. The third-order valence-corrected chi connectivity index (χ3v) is 3.11. The number of non-ortho nitro benzene ring substituents is 1. The Kier molecular flexibility index (Phi) is 6.36. The van der Waals surface area contributed by atoms with Crippen LogP contribution in [0.1, 0.15) is 20.7 Å². The molecule has 2 aromatic carbocycles. The van der Waals surface area contributed by atoms with Crippen LogP contribution < -0.4 is 10.8 Å². The second-order valence-corrected chi connectivity index (χ2v) is 5.12. The summed E-state index contributed by atoms with van der Waals surface area (Å²) in [5.74, 6) is -3.25. The summed E-state index contributed by atoms with van der Waals surface area (Å²) in [5, 5.41) is 29.4. The van der Waals surface area contributed by atoms with Gasteiger partial charge in [0.15, 0.2) is 0 Å². The van der Waals surface area contributed by atoms with E-state index in [1.54, 1.807) is 0 Å². The molecule has 0 bridgehead atoms. The van der Waals surface area contributed by atoms with Crippen LogP contribution in [0.5, 0.6) is 0 Å². The first kappa shape index (κ1) is 18.3. The summed E-state index contributed by atoms with van der Waals surface area (Å²) >= 11 is 3.32. The summed E-state index contributed by atoms with van der Waals surface area (Å²) in [6.45, 7) is 0. The molecule has 2 aromatic rings. The minimum Gasteiger partial charge on any atom is -0.545 e. The van der Waals surface area contributed by atoms with Gasteiger partial charge in [-0.2, -0.15) is 0 Å². The van der Waals surface area contributed by atoms with Gasteiger partial charge in [0.05, 0.1) is 16.5 Å². The minimum atomic E-state index is -1.77. The average molecular weight is 383 g/mol. The van der Waals surface area contributed by atoms with Crippen molar-refractivity contribution < 1.29 is 30.5 Å². The third-order valence-electron chi connectivity index (χ3n) is 2.58. The molecule has 0 aliphatic rings. The van der Waals surface area contributed by atoms with Crippen molar-refractivity contribution in [3.8, 4) is 0 Å². The van der Waals surface area contributed by atoms with E-state index in [1.165, 1.54) is 0 Å². The molecule has 0 heterocycles. The zero-order chi connectivity index (χ0) is 17.6. The quantitative estimate of drug-likeness (QED) is 0.596. The number of nitrogens with zero attached hydrogens (tertiary/aromatic N) is 1. The molecule has 0 saturated heterocycles. The number of hydrogen-bond donors (Lipinski definition) is 2. The molecule has 0 radical (unpaired) electrons. The summed E-state index contributed by atoms with van der Waals surface area (Å²) < 4.78 is 1.10. The highest BCUT2D eigenvalue weighted by atomic mass is 79.9. The Balaban J connectivity index is 0.000000277. The summed E-state index contributed by atoms with van der Waals surface area (Å²) in [4.78, 5) is 30.5. The Bertz CT molecular complexity index is 724. The fourth-order valence-electron chi connectivity index (χ4n) is 1.49. The molecule has 23 heavy (non-hydrogen) atoms. The van der Waals surface area contributed by atoms with Crippen molar-refractivity contribution in [3.05, 3.63) is 68.2 Å². The lowest BCUT2D eigenvalue weighted by Gasteiger charge is -2.05. The minimum absolute atomic E-state index is 0.501. The molecule has 0 fully saturated rings. The molecule has 0 atom stereocenters. The van der Waals surface area contributed by atoms with Crippen molar-refractivity contribution in [2.24, 2.45) is 0 Å². The highest BCUT2D eigenvalue weighted by Crippen LogP contribution is 2.17. The molecule has 0 amide bonds. The zero-order valence-corrected chi connectivity index (χ0v) is 13.1. The van der Waals surface area contributed by atoms with Crippen LogP contribution in [0.15, 0.2) is 46.9 Å². The Morgan fingerprint density at radius 3 is 2.04 bits per heavy atom. The average Bonchev–Trinajstić information content (AvgIpc) is 2.50. The van der Waals surface area contributed by atoms with Gasteiger partial charge in [-0.25, -0.2) is 4.79 Å². The molecule has 2 rings (SSSR count). The Labute approximate surface area is 138 Å². The molecule has 0 aliphatic heterocycles. The number of nitro benzene ring substituents is 1. The van der Waals surface area contributed by atoms with Gasteiger partial charge in [-0.05, 0) is 30.3 Å². The van der Waals surface area contributed by atoms with E-state index in [0.717, 1.165) is 22.3 Å². The van der Waals surface area contributed by atoms with Crippen LogP contribution in [0, 0.1) is 10.1 Å². The fraction of sp³-hybridized carbons (Fsp3) is 0. The van der Waals surface area contributed by atoms with E-state index < -0.39 is 33.7 Å². The molecule has 9 heteroatoms. The number of carbonyl (C=O) groups is 2. The van der Waals surface area contributed by atoms with Gasteiger partial charge in [-0.3, -0.25) is 10.1 Å². The summed E-state index contributed by atoms with van der Waals surface area (Å²) in [7, 11) is 0. The first-order valence-corrected chi connectivity index (χ1v) is 6.82. The predicted octanol–water partition coefficient (Wildman–Crippen LogP) is 0.979. The maximum absolute atomic E-state index is 10.5. The van der Waals surface area contributed by atoms with E-state index in [-0.39, 0.29) is 0 Å². The molecule has 0 aliphatic carbocycles. The van der Waals surface area contributed by atoms with Crippen LogP contribution in [0.4, 0.5) is 11.4 Å². The number of nitro groups is 1. The lowest BCUT2D eigenvalue weighted by atomic mass is 10.1. The monoisotopic (exact) mass is 382 g/mol. The van der Waals surface area contributed by atoms with Crippen LogP contribution in [-0.2, 0) is 0 Å². The first-order valence-electron chi connectivity index (χ1n) is 6.03. The van der Waals surface area contributed by atoms with Crippen molar-refractivity contribution in [2.45, 2.75) is 0 Å². The topological polar surface area (TPSA) is 148 Å². The van der Waals surface area contributed by atoms with Gasteiger partial charge in [-0.15, -0.1) is 0 Å². The van der Waals surface area contributed by atoms with Gasteiger partial charge in [0.1, 0.15) is 5.69 Å². The standard InChI is InChI=1S/C8H5NO6.C6H6BrN/c10-7(11)5-2-1-4(9(14)15)3-6(5)8(12)13;7-5-1-3-6(8)4-2-5/h1-3H,(H,10,11)(H,12,13);1-4H,8H2. The SMILES string of the molecule is O=C([O-])c1cc([N+](=O)[O-])ccc1C(=O)O.[NH3+]c1ccc(Br)cc1. The van der Waals surface area contributed by atoms with Gasteiger partial charge < -0.3 is 20.7 Å². The van der Waals surface area contributed by atoms with Crippen LogP contribution in [-0.4, -0.2) is 22.0 Å². The van der Waals surface area contributed by atoms with Crippen molar-refractivity contribution in [1.29, 1.82) is 0 Å². The summed E-state index contributed by atoms with van der Waals surface area (Å²) in [6.07, 6.45) is 0. The Morgan fingerprint density at radius 2 is 1.65 bits per heavy atom. The molecule has 120 valence electrons. The van der Waals surface area contributed by atoms with E-state index in [0.29, 0.717) is 6.07 Å². The number of hydrogen-bond acceptors (Lipinski definition) is 5. The largest absolute Gasteiger partial charge is 0.545 e. The van der Waals surface area contributed by atoms with Crippen molar-refractivity contribution in [1.82, 2.24) is 0 Å². The number of carboxylic acid groups (broad SMARTS) is 2. The Morgan fingerprint density at radius 1 is 1.09 bits per heavy atom. The highest BCUT2D eigenvalue weighted by Gasteiger charge is 2.15. The highest BCUT2D eigenvalue weighted by molar-refractivity contribution is 9.10. The number of rotatable bonds is 3. The molecular weight excluding hydrogens is 372 g/mol. The van der Waals surface area contributed by atoms with Gasteiger partial charge in [0.25, 0.3) is 5.69 Å². The maximum Gasteiger partial charge on any atom is 0.336 e. The van der Waals surface area contributed by atoms with Gasteiger partial charge in [-0.1, -0.05) is 15.9 Å².